The molecule has 6 nitrogen and oxygen atoms in total. The lowest BCUT2D eigenvalue weighted by Gasteiger charge is -1.97. The molecule has 0 saturated heterocycles. The molecule has 0 aromatic carbocycles. The van der Waals surface area contributed by atoms with Crippen LogP contribution in [0.3, 0.4) is 0 Å². The van der Waals surface area contributed by atoms with Gasteiger partial charge in [-0.1, -0.05) is 12.1 Å². The lowest BCUT2D eigenvalue weighted by atomic mass is 10.3. The van der Waals surface area contributed by atoms with Gasteiger partial charge in [0.05, 0.1) is 0 Å². The highest BCUT2D eigenvalue weighted by Crippen LogP contribution is 2.04. The number of rotatable bonds is 5. The summed E-state index contributed by atoms with van der Waals surface area (Å²) in [6, 6.07) is 0. The zero-order valence-corrected chi connectivity index (χ0v) is 8.96. The maximum absolute atomic E-state index is 10.6. The van der Waals surface area contributed by atoms with Crippen molar-refractivity contribution < 1.29 is 9.32 Å². The SMILES string of the molecule is CCCc1noc(Cn2ccnc2C=O)n1. The zero-order valence-electron chi connectivity index (χ0n) is 8.96. The first-order valence-corrected chi connectivity index (χ1v) is 5.11. The Hall–Kier alpha value is -1.98. The van der Waals surface area contributed by atoms with Crippen LogP contribution < -0.4 is 0 Å². The van der Waals surface area contributed by atoms with Crippen LogP contribution in [0.4, 0.5) is 0 Å². The summed E-state index contributed by atoms with van der Waals surface area (Å²) in [6.45, 7) is 2.43. The van der Waals surface area contributed by atoms with E-state index < -0.39 is 0 Å². The minimum Gasteiger partial charge on any atom is -0.337 e. The Labute approximate surface area is 92.3 Å². The predicted octanol–water partition coefficient (Wildman–Crippen LogP) is 1.08. The molecule has 0 aliphatic heterocycles. The molecule has 0 aliphatic carbocycles. The van der Waals surface area contributed by atoms with Gasteiger partial charge in [0.15, 0.2) is 17.9 Å². The van der Waals surface area contributed by atoms with E-state index in [0.29, 0.717) is 30.4 Å². The molecule has 0 spiro atoms. The van der Waals surface area contributed by atoms with E-state index in [-0.39, 0.29) is 0 Å². The highest BCUT2D eigenvalue weighted by molar-refractivity contribution is 5.69. The molecule has 2 heterocycles. The van der Waals surface area contributed by atoms with Crippen LogP contribution in [0.1, 0.15) is 35.7 Å². The lowest BCUT2D eigenvalue weighted by molar-refractivity contribution is 0.111. The van der Waals surface area contributed by atoms with Gasteiger partial charge in [0.25, 0.3) is 0 Å². The minimum absolute atomic E-state index is 0.357. The quantitative estimate of drug-likeness (QED) is 0.705. The second kappa shape index (κ2) is 4.69. The number of carbonyl (C=O) groups is 1. The van der Waals surface area contributed by atoms with Gasteiger partial charge in [0.2, 0.25) is 5.89 Å². The minimum atomic E-state index is 0.357. The van der Waals surface area contributed by atoms with Gasteiger partial charge in [-0.3, -0.25) is 4.79 Å². The third kappa shape index (κ3) is 2.16. The molecule has 0 fully saturated rings. The van der Waals surface area contributed by atoms with Crippen molar-refractivity contribution in [3.05, 3.63) is 29.9 Å². The van der Waals surface area contributed by atoms with Crippen LogP contribution in [-0.4, -0.2) is 26.0 Å². The molecule has 2 aromatic rings. The molecule has 0 aliphatic rings. The molecule has 0 unspecified atom stereocenters. The fraction of sp³-hybridized carbons (Fsp3) is 0.400. The van der Waals surface area contributed by atoms with Crippen LogP contribution in [0.15, 0.2) is 16.9 Å². The summed E-state index contributed by atoms with van der Waals surface area (Å²) in [7, 11) is 0. The van der Waals surface area contributed by atoms with Gasteiger partial charge in [-0.05, 0) is 6.42 Å². The van der Waals surface area contributed by atoms with Crippen molar-refractivity contribution in [2.45, 2.75) is 26.3 Å². The monoisotopic (exact) mass is 220 g/mol. The topological polar surface area (TPSA) is 73.8 Å². The summed E-state index contributed by atoms with van der Waals surface area (Å²) in [6.07, 6.45) is 5.74. The smallest absolute Gasteiger partial charge is 0.246 e. The zero-order chi connectivity index (χ0) is 11.4. The number of aryl methyl sites for hydroxylation is 1. The summed E-state index contributed by atoms with van der Waals surface area (Å²) in [4.78, 5) is 18.7. The number of aldehydes is 1. The first-order chi connectivity index (χ1) is 7.83. The van der Waals surface area contributed by atoms with Crippen LogP contribution in [0.25, 0.3) is 0 Å². The number of nitrogens with zero attached hydrogens (tertiary/aromatic N) is 4. The Morgan fingerprint density at radius 3 is 3.19 bits per heavy atom. The van der Waals surface area contributed by atoms with E-state index in [4.69, 9.17) is 4.52 Å². The van der Waals surface area contributed by atoms with Crippen molar-refractivity contribution in [3.63, 3.8) is 0 Å². The number of hydrogen-bond donors (Lipinski definition) is 0. The Morgan fingerprint density at radius 2 is 2.44 bits per heavy atom. The Bertz CT molecular complexity index is 475. The molecular formula is C10H12N4O2. The van der Waals surface area contributed by atoms with Crippen molar-refractivity contribution in [2.24, 2.45) is 0 Å². The van der Waals surface area contributed by atoms with E-state index in [1.165, 1.54) is 0 Å². The molecule has 0 atom stereocenters. The van der Waals surface area contributed by atoms with Gasteiger partial charge in [0.1, 0.15) is 6.54 Å². The van der Waals surface area contributed by atoms with E-state index >= 15 is 0 Å². The molecule has 16 heavy (non-hydrogen) atoms. The highest BCUT2D eigenvalue weighted by Gasteiger charge is 2.08. The van der Waals surface area contributed by atoms with Gasteiger partial charge < -0.3 is 9.09 Å². The average molecular weight is 220 g/mol. The summed E-state index contributed by atoms with van der Waals surface area (Å²) in [5.41, 5.74) is 0. The number of hydrogen-bond acceptors (Lipinski definition) is 5. The van der Waals surface area contributed by atoms with Gasteiger partial charge >= 0.3 is 0 Å². The third-order valence-electron chi connectivity index (χ3n) is 2.14. The normalized spacial score (nSPS) is 10.6. The van der Waals surface area contributed by atoms with Crippen molar-refractivity contribution in [3.8, 4) is 0 Å². The molecule has 0 amide bonds. The number of aromatic nitrogens is 4. The molecule has 2 rings (SSSR count). The molecule has 2 aromatic heterocycles. The summed E-state index contributed by atoms with van der Waals surface area (Å²) >= 11 is 0. The van der Waals surface area contributed by atoms with Crippen LogP contribution in [0, 0.1) is 0 Å². The van der Waals surface area contributed by atoms with Gasteiger partial charge in [-0.2, -0.15) is 4.98 Å². The van der Waals surface area contributed by atoms with E-state index in [2.05, 4.69) is 22.0 Å². The fourth-order valence-electron chi connectivity index (χ4n) is 1.40. The molecular weight excluding hydrogens is 208 g/mol. The number of carbonyl (C=O) groups excluding carboxylic acids is 1. The number of imidazole rings is 1. The van der Waals surface area contributed by atoms with E-state index in [0.717, 1.165) is 12.8 Å². The second-order valence-corrected chi connectivity index (χ2v) is 3.39. The largest absolute Gasteiger partial charge is 0.337 e. The van der Waals surface area contributed by atoms with Gasteiger partial charge in [-0.15, -0.1) is 0 Å². The standard InChI is InChI=1S/C10H12N4O2/c1-2-3-8-12-10(16-13-8)6-14-5-4-11-9(14)7-15/h4-5,7H,2-3,6H2,1H3. The van der Waals surface area contributed by atoms with Crippen LogP contribution in [-0.2, 0) is 13.0 Å². The Morgan fingerprint density at radius 1 is 1.56 bits per heavy atom. The first-order valence-electron chi connectivity index (χ1n) is 5.11. The summed E-state index contributed by atoms with van der Waals surface area (Å²) in [5.74, 6) is 1.55. The lowest BCUT2D eigenvalue weighted by Crippen LogP contribution is -2.03. The summed E-state index contributed by atoms with van der Waals surface area (Å²) in [5, 5.41) is 3.83. The molecule has 0 saturated carbocycles. The van der Waals surface area contributed by atoms with Crippen LogP contribution in [0.5, 0.6) is 0 Å². The van der Waals surface area contributed by atoms with E-state index in [9.17, 15) is 4.79 Å². The van der Waals surface area contributed by atoms with Crippen molar-refractivity contribution in [1.29, 1.82) is 0 Å². The summed E-state index contributed by atoms with van der Waals surface area (Å²) < 4.78 is 6.73. The highest BCUT2D eigenvalue weighted by atomic mass is 16.5. The Kier molecular flexibility index (Phi) is 3.09. The van der Waals surface area contributed by atoms with Gasteiger partial charge in [0, 0.05) is 18.8 Å². The maximum atomic E-state index is 10.6. The van der Waals surface area contributed by atoms with E-state index in [1.807, 2.05) is 0 Å². The van der Waals surface area contributed by atoms with Crippen molar-refractivity contribution >= 4 is 6.29 Å². The van der Waals surface area contributed by atoms with E-state index in [1.54, 1.807) is 17.0 Å². The Balaban J connectivity index is 2.11. The van der Waals surface area contributed by atoms with Crippen LogP contribution >= 0.6 is 0 Å². The molecule has 0 bridgehead atoms. The first kappa shape index (κ1) is 10.5. The molecule has 0 N–H and O–H groups in total. The predicted molar refractivity (Wildman–Crippen MR) is 55.0 cm³/mol. The van der Waals surface area contributed by atoms with Crippen molar-refractivity contribution in [2.75, 3.05) is 0 Å². The maximum Gasteiger partial charge on any atom is 0.246 e. The second-order valence-electron chi connectivity index (χ2n) is 3.39. The van der Waals surface area contributed by atoms with Crippen LogP contribution in [0.2, 0.25) is 0 Å². The third-order valence-corrected chi connectivity index (χ3v) is 2.14. The van der Waals surface area contributed by atoms with Gasteiger partial charge in [-0.25, -0.2) is 4.98 Å². The van der Waals surface area contributed by atoms with Crippen molar-refractivity contribution in [1.82, 2.24) is 19.7 Å². The fourth-order valence-corrected chi connectivity index (χ4v) is 1.40. The average Bonchev–Trinajstić information content (AvgIpc) is 2.89. The molecule has 0 radical (unpaired) electrons. The molecule has 84 valence electrons. The molecule has 6 heteroatoms.